The molecule has 0 aliphatic carbocycles. The summed E-state index contributed by atoms with van der Waals surface area (Å²) in [5, 5.41) is 5.59. The highest BCUT2D eigenvalue weighted by molar-refractivity contribution is 5.96. The topological polar surface area (TPSA) is 83.8 Å². The Morgan fingerprint density at radius 2 is 1.86 bits per heavy atom. The van der Waals surface area contributed by atoms with Gasteiger partial charge < -0.3 is 19.8 Å². The highest BCUT2D eigenvalue weighted by atomic mass is 16.5. The zero-order valence-corrected chi connectivity index (χ0v) is 16.9. The summed E-state index contributed by atoms with van der Waals surface area (Å²) in [7, 11) is 0. The van der Waals surface area contributed by atoms with E-state index in [9.17, 15) is 9.59 Å². The minimum atomic E-state index is -0.290. The molecule has 1 saturated heterocycles. The molecule has 156 valence electrons. The van der Waals surface area contributed by atoms with Crippen LogP contribution < -0.4 is 15.4 Å². The summed E-state index contributed by atoms with van der Waals surface area (Å²) in [6.45, 7) is 4.84. The fraction of sp³-hybridized carbons (Fsp3) is 0.455. The van der Waals surface area contributed by atoms with Crippen molar-refractivity contribution in [3.63, 3.8) is 0 Å². The molecule has 0 saturated carbocycles. The molecule has 1 aliphatic heterocycles. The fourth-order valence-corrected chi connectivity index (χ4v) is 3.53. The Hall–Kier alpha value is -2.80. The molecule has 7 heteroatoms. The van der Waals surface area contributed by atoms with E-state index in [1.54, 1.807) is 30.5 Å². The van der Waals surface area contributed by atoms with Crippen molar-refractivity contribution in [2.24, 2.45) is 0 Å². The fourth-order valence-electron chi connectivity index (χ4n) is 3.53. The standard InChI is InChI=1S/C22H29N3O4/c1-2-28-18-10-8-17(9-11-18)22(27)24-16-21(26)23-15-19(20-7-6-14-29-20)25-12-4-3-5-13-25/h6-11,14,19H,2-5,12-13,15-16H2,1H3,(H,23,26)(H,24,27)/t19-/m0/s1. The number of ether oxygens (including phenoxy) is 1. The number of nitrogens with one attached hydrogen (secondary N) is 2. The maximum atomic E-state index is 12.3. The van der Waals surface area contributed by atoms with Crippen molar-refractivity contribution in [2.75, 3.05) is 32.8 Å². The number of carbonyl (C=O) groups excluding carboxylic acids is 2. The number of rotatable bonds is 9. The van der Waals surface area contributed by atoms with Gasteiger partial charge in [-0.05, 0) is 69.3 Å². The molecule has 1 aliphatic rings. The smallest absolute Gasteiger partial charge is 0.251 e. The third kappa shape index (κ3) is 6.09. The van der Waals surface area contributed by atoms with Gasteiger partial charge >= 0.3 is 0 Å². The second-order valence-electron chi connectivity index (χ2n) is 7.07. The van der Waals surface area contributed by atoms with E-state index in [0.717, 1.165) is 31.7 Å². The highest BCUT2D eigenvalue weighted by Gasteiger charge is 2.24. The monoisotopic (exact) mass is 399 g/mol. The zero-order chi connectivity index (χ0) is 20.5. The maximum absolute atomic E-state index is 12.3. The van der Waals surface area contributed by atoms with Crippen molar-refractivity contribution in [2.45, 2.75) is 32.2 Å². The van der Waals surface area contributed by atoms with Crippen LogP contribution in [-0.4, -0.2) is 49.5 Å². The average molecular weight is 399 g/mol. The largest absolute Gasteiger partial charge is 0.494 e. The van der Waals surface area contributed by atoms with Gasteiger partial charge in [-0.2, -0.15) is 0 Å². The summed E-state index contributed by atoms with van der Waals surface area (Å²) in [5.41, 5.74) is 0.489. The summed E-state index contributed by atoms with van der Waals surface area (Å²) in [6, 6.07) is 10.7. The third-order valence-corrected chi connectivity index (χ3v) is 5.03. The number of hydrogen-bond donors (Lipinski definition) is 2. The Balaban J connectivity index is 1.48. The summed E-state index contributed by atoms with van der Waals surface area (Å²) < 4.78 is 11.0. The lowest BCUT2D eigenvalue weighted by molar-refractivity contribution is -0.120. The van der Waals surface area contributed by atoms with Crippen LogP contribution >= 0.6 is 0 Å². The van der Waals surface area contributed by atoms with Crippen molar-refractivity contribution >= 4 is 11.8 Å². The van der Waals surface area contributed by atoms with Crippen LogP contribution in [0.25, 0.3) is 0 Å². The number of piperidine rings is 1. The molecule has 0 spiro atoms. The predicted molar refractivity (Wildman–Crippen MR) is 110 cm³/mol. The van der Waals surface area contributed by atoms with Crippen molar-refractivity contribution in [1.82, 2.24) is 15.5 Å². The number of carbonyl (C=O) groups is 2. The molecule has 0 bridgehead atoms. The number of nitrogens with zero attached hydrogens (tertiary/aromatic N) is 1. The van der Waals surface area contributed by atoms with Crippen molar-refractivity contribution in [3.05, 3.63) is 54.0 Å². The Morgan fingerprint density at radius 3 is 2.52 bits per heavy atom. The van der Waals surface area contributed by atoms with E-state index in [0.29, 0.717) is 24.5 Å². The summed E-state index contributed by atoms with van der Waals surface area (Å²) in [4.78, 5) is 26.9. The summed E-state index contributed by atoms with van der Waals surface area (Å²) in [6.07, 6.45) is 5.21. The molecular formula is C22H29N3O4. The first-order valence-corrected chi connectivity index (χ1v) is 10.2. The van der Waals surface area contributed by atoms with Crippen LogP contribution in [0.4, 0.5) is 0 Å². The zero-order valence-electron chi connectivity index (χ0n) is 16.9. The molecule has 1 aromatic heterocycles. The average Bonchev–Trinajstić information content (AvgIpc) is 3.28. The highest BCUT2D eigenvalue weighted by Crippen LogP contribution is 2.24. The molecule has 29 heavy (non-hydrogen) atoms. The molecule has 1 atom stereocenters. The van der Waals surface area contributed by atoms with Gasteiger partial charge in [0.05, 0.1) is 25.5 Å². The SMILES string of the molecule is CCOc1ccc(C(=O)NCC(=O)NC[C@@H](c2ccco2)N2CCCCC2)cc1. The van der Waals surface area contributed by atoms with Crippen LogP contribution in [0.2, 0.25) is 0 Å². The number of benzene rings is 1. The van der Waals surface area contributed by atoms with E-state index in [-0.39, 0.29) is 24.4 Å². The first-order chi connectivity index (χ1) is 14.2. The van der Waals surface area contributed by atoms with Crippen LogP contribution in [0.15, 0.2) is 47.1 Å². The van der Waals surface area contributed by atoms with Crippen molar-refractivity contribution < 1.29 is 18.7 Å². The molecular weight excluding hydrogens is 370 g/mol. The van der Waals surface area contributed by atoms with Gasteiger partial charge in [-0.1, -0.05) is 6.42 Å². The van der Waals surface area contributed by atoms with Crippen LogP contribution in [0, 0.1) is 0 Å². The van der Waals surface area contributed by atoms with Crippen LogP contribution in [-0.2, 0) is 4.79 Å². The number of hydrogen-bond acceptors (Lipinski definition) is 5. The normalized spacial score (nSPS) is 15.5. The van der Waals surface area contributed by atoms with Crippen LogP contribution in [0.1, 0.15) is 48.3 Å². The third-order valence-electron chi connectivity index (χ3n) is 5.03. The van der Waals surface area contributed by atoms with Crippen molar-refractivity contribution in [1.29, 1.82) is 0 Å². The van der Waals surface area contributed by atoms with Gasteiger partial charge in [0.1, 0.15) is 11.5 Å². The Labute approximate surface area is 171 Å². The van der Waals surface area contributed by atoms with Gasteiger partial charge in [0.2, 0.25) is 5.91 Å². The minimum absolute atomic E-state index is 0.0102. The number of likely N-dealkylation sites (tertiary alicyclic amines) is 1. The Morgan fingerprint density at radius 1 is 1.10 bits per heavy atom. The van der Waals surface area contributed by atoms with Gasteiger partial charge in [-0.3, -0.25) is 14.5 Å². The first-order valence-electron chi connectivity index (χ1n) is 10.2. The second-order valence-corrected chi connectivity index (χ2v) is 7.07. The van der Waals surface area contributed by atoms with Crippen LogP contribution in [0.5, 0.6) is 5.75 Å². The molecule has 1 aromatic carbocycles. The quantitative estimate of drug-likeness (QED) is 0.677. The number of amides is 2. The summed E-state index contributed by atoms with van der Waals surface area (Å²) in [5.74, 6) is 1.05. The molecule has 2 heterocycles. The molecule has 2 aromatic rings. The molecule has 3 rings (SSSR count). The second kappa shape index (κ2) is 10.7. The van der Waals surface area contributed by atoms with Gasteiger partial charge in [-0.25, -0.2) is 0 Å². The predicted octanol–water partition coefficient (Wildman–Crippen LogP) is 2.75. The first kappa shape index (κ1) is 20.9. The van der Waals surface area contributed by atoms with Gasteiger partial charge in [0.25, 0.3) is 5.91 Å². The van der Waals surface area contributed by atoms with E-state index in [4.69, 9.17) is 9.15 Å². The molecule has 0 radical (unpaired) electrons. The van der Waals surface area contributed by atoms with E-state index >= 15 is 0 Å². The van der Waals surface area contributed by atoms with Crippen molar-refractivity contribution in [3.8, 4) is 5.75 Å². The maximum Gasteiger partial charge on any atom is 0.251 e. The lowest BCUT2D eigenvalue weighted by Crippen LogP contribution is -2.43. The minimum Gasteiger partial charge on any atom is -0.494 e. The lowest BCUT2D eigenvalue weighted by Gasteiger charge is -2.33. The molecule has 2 amide bonds. The van der Waals surface area contributed by atoms with E-state index in [2.05, 4.69) is 15.5 Å². The molecule has 0 unspecified atom stereocenters. The van der Waals surface area contributed by atoms with Gasteiger partial charge in [-0.15, -0.1) is 0 Å². The van der Waals surface area contributed by atoms with E-state index < -0.39 is 0 Å². The Bertz CT molecular complexity index is 768. The summed E-state index contributed by atoms with van der Waals surface area (Å²) >= 11 is 0. The molecule has 7 nitrogen and oxygen atoms in total. The molecule has 2 N–H and O–H groups in total. The van der Waals surface area contributed by atoms with Crippen LogP contribution in [0.3, 0.4) is 0 Å². The van der Waals surface area contributed by atoms with E-state index in [1.807, 2.05) is 19.1 Å². The molecule has 1 fully saturated rings. The number of furan rings is 1. The van der Waals surface area contributed by atoms with E-state index in [1.165, 1.54) is 6.42 Å². The van der Waals surface area contributed by atoms with Gasteiger partial charge in [0, 0.05) is 12.1 Å². The lowest BCUT2D eigenvalue weighted by atomic mass is 10.1. The Kier molecular flexibility index (Phi) is 7.69. The van der Waals surface area contributed by atoms with Gasteiger partial charge in [0.15, 0.2) is 0 Å².